The van der Waals surface area contributed by atoms with E-state index in [2.05, 4.69) is 9.88 Å². The number of thiazole rings is 1. The minimum atomic E-state index is -0.284. The number of hydrogen-bond donors (Lipinski definition) is 0. The number of rotatable bonds is 6. The average molecular weight is 361 g/mol. The zero-order chi connectivity index (χ0) is 17.6. The summed E-state index contributed by atoms with van der Waals surface area (Å²) in [7, 11) is 1.84. The molecule has 0 N–H and O–H groups in total. The van der Waals surface area contributed by atoms with Crippen molar-refractivity contribution >= 4 is 17.2 Å². The number of likely N-dealkylation sites (N-methyl/N-ethyl adjacent to an activating group) is 1. The summed E-state index contributed by atoms with van der Waals surface area (Å²) in [6.07, 6.45) is 4.10. The van der Waals surface area contributed by atoms with E-state index in [1.54, 1.807) is 23.1 Å². The van der Waals surface area contributed by atoms with Crippen molar-refractivity contribution < 1.29 is 9.18 Å². The number of amides is 1. The third kappa shape index (κ3) is 4.86. The molecule has 2 heterocycles. The van der Waals surface area contributed by atoms with Gasteiger partial charge in [0.2, 0.25) is 5.91 Å². The molecule has 3 rings (SSSR count). The van der Waals surface area contributed by atoms with E-state index in [1.807, 2.05) is 12.4 Å². The molecule has 1 aromatic carbocycles. The van der Waals surface area contributed by atoms with Gasteiger partial charge in [0, 0.05) is 31.1 Å². The first-order chi connectivity index (χ1) is 12.1. The zero-order valence-corrected chi connectivity index (χ0v) is 15.4. The summed E-state index contributed by atoms with van der Waals surface area (Å²) in [6, 6.07) is 6.59. The largest absolute Gasteiger partial charge is 0.344 e. The Labute approximate surface area is 152 Å². The molecule has 6 heteroatoms. The molecule has 0 spiro atoms. The zero-order valence-electron chi connectivity index (χ0n) is 14.6. The second-order valence-electron chi connectivity index (χ2n) is 6.52. The van der Waals surface area contributed by atoms with Crippen LogP contribution in [-0.2, 0) is 11.2 Å². The van der Waals surface area contributed by atoms with Gasteiger partial charge in [0.25, 0.3) is 0 Å². The Morgan fingerprint density at radius 3 is 2.80 bits per heavy atom. The van der Waals surface area contributed by atoms with Gasteiger partial charge in [0.15, 0.2) is 0 Å². The van der Waals surface area contributed by atoms with Crippen molar-refractivity contribution in [3.8, 4) is 10.6 Å². The van der Waals surface area contributed by atoms with Gasteiger partial charge in [-0.25, -0.2) is 9.37 Å². The summed E-state index contributed by atoms with van der Waals surface area (Å²) in [5.41, 5.74) is 1.20. The predicted octanol–water partition coefficient (Wildman–Crippen LogP) is 3.44. The molecule has 0 saturated carbocycles. The van der Waals surface area contributed by atoms with Crippen LogP contribution in [0.25, 0.3) is 10.6 Å². The number of halogens is 1. The number of hydrogen-bond acceptors (Lipinski definition) is 4. The van der Waals surface area contributed by atoms with Gasteiger partial charge in [-0.05, 0) is 38.1 Å². The molecule has 0 atom stereocenters. The van der Waals surface area contributed by atoms with Crippen molar-refractivity contribution in [3.05, 3.63) is 41.2 Å². The highest BCUT2D eigenvalue weighted by Gasteiger charge is 2.16. The summed E-state index contributed by atoms with van der Waals surface area (Å²) < 4.78 is 13.8. The van der Waals surface area contributed by atoms with E-state index in [4.69, 9.17) is 0 Å². The first-order valence-corrected chi connectivity index (χ1v) is 9.67. The molecule has 0 aliphatic carbocycles. The number of likely N-dealkylation sites (tertiary alicyclic amines) is 1. The van der Waals surface area contributed by atoms with E-state index in [-0.39, 0.29) is 18.1 Å². The van der Waals surface area contributed by atoms with Gasteiger partial charge in [-0.1, -0.05) is 18.6 Å². The maximum Gasteiger partial charge on any atom is 0.228 e. The summed E-state index contributed by atoms with van der Waals surface area (Å²) in [5, 5.41) is 2.47. The fourth-order valence-corrected chi connectivity index (χ4v) is 3.88. The molecule has 2 aromatic rings. The minimum absolute atomic E-state index is 0.0578. The molecule has 1 aliphatic heterocycles. The summed E-state index contributed by atoms with van der Waals surface area (Å²) in [5.74, 6) is -0.226. The first kappa shape index (κ1) is 18.0. The summed E-state index contributed by atoms with van der Waals surface area (Å²) >= 11 is 1.38. The molecule has 1 aromatic heterocycles. The molecule has 4 nitrogen and oxygen atoms in total. The fourth-order valence-electron chi connectivity index (χ4n) is 3.04. The van der Waals surface area contributed by atoms with Crippen molar-refractivity contribution in [2.24, 2.45) is 0 Å². The number of nitrogens with zero attached hydrogens (tertiary/aromatic N) is 3. The maximum atomic E-state index is 13.8. The van der Waals surface area contributed by atoms with Crippen LogP contribution in [-0.4, -0.2) is 53.9 Å². The third-order valence-corrected chi connectivity index (χ3v) is 5.54. The van der Waals surface area contributed by atoms with Crippen molar-refractivity contribution in [2.75, 3.05) is 33.2 Å². The molecular formula is C19H24FN3OS. The van der Waals surface area contributed by atoms with Crippen LogP contribution in [0.2, 0.25) is 0 Å². The van der Waals surface area contributed by atoms with Gasteiger partial charge in [-0.2, -0.15) is 0 Å². The smallest absolute Gasteiger partial charge is 0.228 e. The maximum absolute atomic E-state index is 13.8. The van der Waals surface area contributed by atoms with E-state index in [0.29, 0.717) is 16.3 Å². The Kier molecular flexibility index (Phi) is 6.15. The van der Waals surface area contributed by atoms with Gasteiger partial charge in [-0.3, -0.25) is 4.79 Å². The molecule has 1 fully saturated rings. The van der Waals surface area contributed by atoms with Gasteiger partial charge >= 0.3 is 0 Å². The molecule has 1 amide bonds. The highest BCUT2D eigenvalue weighted by atomic mass is 32.1. The normalized spacial score (nSPS) is 15.3. The van der Waals surface area contributed by atoms with Crippen molar-refractivity contribution in [1.29, 1.82) is 0 Å². The molecule has 1 aliphatic rings. The van der Waals surface area contributed by atoms with Crippen LogP contribution in [0, 0.1) is 5.82 Å². The monoisotopic (exact) mass is 361 g/mol. The van der Waals surface area contributed by atoms with Gasteiger partial charge in [-0.15, -0.1) is 11.3 Å². The molecule has 0 bridgehead atoms. The van der Waals surface area contributed by atoms with Crippen molar-refractivity contribution in [1.82, 2.24) is 14.8 Å². The van der Waals surface area contributed by atoms with Crippen LogP contribution in [0.3, 0.4) is 0 Å². The lowest BCUT2D eigenvalue weighted by atomic mass is 10.1. The summed E-state index contributed by atoms with van der Waals surface area (Å²) in [4.78, 5) is 21.0. The van der Waals surface area contributed by atoms with Crippen LogP contribution < -0.4 is 0 Å². The Morgan fingerprint density at radius 1 is 1.28 bits per heavy atom. The van der Waals surface area contributed by atoms with Crippen LogP contribution in [0.15, 0.2) is 29.6 Å². The Balaban J connectivity index is 1.53. The van der Waals surface area contributed by atoms with Crippen LogP contribution >= 0.6 is 11.3 Å². The van der Waals surface area contributed by atoms with Crippen LogP contribution in [0.5, 0.6) is 0 Å². The second kappa shape index (κ2) is 8.54. The van der Waals surface area contributed by atoms with Crippen molar-refractivity contribution in [3.63, 3.8) is 0 Å². The highest BCUT2D eigenvalue weighted by molar-refractivity contribution is 7.13. The van der Waals surface area contributed by atoms with E-state index >= 15 is 0 Å². The molecule has 134 valence electrons. The van der Waals surface area contributed by atoms with Gasteiger partial charge in [0.1, 0.15) is 10.8 Å². The van der Waals surface area contributed by atoms with Crippen molar-refractivity contribution in [2.45, 2.75) is 25.7 Å². The standard InChI is InChI=1S/C19H24FN3OS/c1-22(11-12-23-9-5-2-6-10-23)18(24)13-15-14-25-19(21-15)16-7-3-4-8-17(16)20/h3-4,7-8,14H,2,5-6,9-13H2,1H3. The first-order valence-electron chi connectivity index (χ1n) is 8.79. The average Bonchev–Trinajstić information content (AvgIpc) is 3.09. The Bertz CT molecular complexity index is 712. The van der Waals surface area contributed by atoms with E-state index in [1.165, 1.54) is 36.7 Å². The Morgan fingerprint density at radius 2 is 2.04 bits per heavy atom. The lowest BCUT2D eigenvalue weighted by Crippen LogP contribution is -2.39. The molecule has 1 saturated heterocycles. The fraction of sp³-hybridized carbons (Fsp3) is 0.474. The topological polar surface area (TPSA) is 36.4 Å². The molecule has 25 heavy (non-hydrogen) atoms. The SMILES string of the molecule is CN(CCN1CCCCC1)C(=O)Cc1csc(-c2ccccc2F)n1. The number of benzene rings is 1. The number of aromatic nitrogens is 1. The van der Waals surface area contributed by atoms with Gasteiger partial charge < -0.3 is 9.80 Å². The second-order valence-corrected chi connectivity index (χ2v) is 7.38. The summed E-state index contributed by atoms with van der Waals surface area (Å²) in [6.45, 7) is 3.95. The lowest BCUT2D eigenvalue weighted by Gasteiger charge is -2.28. The van der Waals surface area contributed by atoms with E-state index in [0.717, 1.165) is 26.2 Å². The van der Waals surface area contributed by atoms with Crippen LogP contribution in [0.4, 0.5) is 4.39 Å². The van der Waals surface area contributed by atoms with E-state index < -0.39 is 0 Å². The number of piperidine rings is 1. The van der Waals surface area contributed by atoms with E-state index in [9.17, 15) is 9.18 Å². The Hall–Kier alpha value is -1.79. The third-order valence-electron chi connectivity index (χ3n) is 4.61. The molecular weight excluding hydrogens is 337 g/mol. The molecule has 0 unspecified atom stereocenters. The molecule has 0 radical (unpaired) electrons. The lowest BCUT2D eigenvalue weighted by molar-refractivity contribution is -0.129. The number of carbonyl (C=O) groups is 1. The van der Waals surface area contributed by atoms with Crippen LogP contribution in [0.1, 0.15) is 25.0 Å². The predicted molar refractivity (Wildman–Crippen MR) is 99.1 cm³/mol. The minimum Gasteiger partial charge on any atom is -0.344 e. The highest BCUT2D eigenvalue weighted by Crippen LogP contribution is 2.26. The number of carbonyl (C=O) groups excluding carboxylic acids is 1. The quantitative estimate of drug-likeness (QED) is 0.791. The van der Waals surface area contributed by atoms with Gasteiger partial charge in [0.05, 0.1) is 12.1 Å².